The molecule has 0 saturated carbocycles. The molecule has 3 heteroatoms. The van der Waals surface area contributed by atoms with Gasteiger partial charge in [-0.05, 0) is 109 Å². The first-order chi connectivity index (χ1) is 24.8. The Bertz CT molecular complexity index is 2860. The van der Waals surface area contributed by atoms with Crippen molar-refractivity contribution in [3.63, 3.8) is 0 Å². The quantitative estimate of drug-likeness (QED) is 0.176. The van der Waals surface area contributed by atoms with Gasteiger partial charge in [0.15, 0.2) is 5.58 Å². The maximum atomic E-state index is 6.70. The molecule has 3 nitrogen and oxygen atoms in total. The van der Waals surface area contributed by atoms with Gasteiger partial charge in [-0.1, -0.05) is 121 Å². The number of hydrogen-bond acceptors (Lipinski definition) is 3. The van der Waals surface area contributed by atoms with Gasteiger partial charge in [0.2, 0.25) is 5.89 Å². The van der Waals surface area contributed by atoms with Gasteiger partial charge >= 0.3 is 0 Å². The third-order valence-electron chi connectivity index (χ3n) is 9.82. The molecule has 0 N–H and O–H groups in total. The van der Waals surface area contributed by atoms with E-state index in [1.165, 1.54) is 32.7 Å². The van der Waals surface area contributed by atoms with Gasteiger partial charge in [-0.15, -0.1) is 0 Å². The number of hydrogen-bond donors (Lipinski definition) is 0. The van der Waals surface area contributed by atoms with Crippen molar-refractivity contribution in [2.24, 2.45) is 0 Å². The van der Waals surface area contributed by atoms with E-state index in [1.54, 1.807) is 0 Å². The number of oxazole rings is 1. The summed E-state index contributed by atoms with van der Waals surface area (Å²) in [7, 11) is 0. The summed E-state index contributed by atoms with van der Waals surface area (Å²) in [5, 5.41) is 9.40. The van der Waals surface area contributed by atoms with Crippen molar-refractivity contribution >= 4 is 71.3 Å². The molecule has 1 heterocycles. The maximum Gasteiger partial charge on any atom is 0.227 e. The molecule has 0 bridgehead atoms. The van der Waals surface area contributed by atoms with Gasteiger partial charge in [0.05, 0.1) is 0 Å². The van der Waals surface area contributed by atoms with E-state index in [9.17, 15) is 0 Å². The minimum Gasteiger partial charge on any atom is -0.435 e. The van der Waals surface area contributed by atoms with Gasteiger partial charge in [0.25, 0.3) is 0 Å². The molecule has 0 saturated heterocycles. The lowest BCUT2D eigenvalue weighted by molar-refractivity contribution is 0.623. The maximum absolute atomic E-state index is 6.70. The summed E-state index contributed by atoms with van der Waals surface area (Å²) < 4.78 is 6.70. The molecule has 0 aliphatic heterocycles. The fourth-order valence-corrected chi connectivity index (χ4v) is 7.46. The number of benzene rings is 9. The molecule has 0 aliphatic rings. The highest BCUT2D eigenvalue weighted by Crippen LogP contribution is 2.44. The Kier molecular flexibility index (Phi) is 6.49. The summed E-state index contributed by atoms with van der Waals surface area (Å²) in [6.07, 6.45) is 0. The Labute approximate surface area is 289 Å². The van der Waals surface area contributed by atoms with E-state index in [4.69, 9.17) is 9.40 Å². The number of fused-ring (bicyclic) bond motifs is 8. The lowest BCUT2D eigenvalue weighted by Gasteiger charge is -2.26. The van der Waals surface area contributed by atoms with Crippen LogP contribution in [0.3, 0.4) is 0 Å². The lowest BCUT2D eigenvalue weighted by atomic mass is 9.92. The molecule has 0 atom stereocenters. The summed E-state index contributed by atoms with van der Waals surface area (Å²) in [5.74, 6) is 0.622. The van der Waals surface area contributed by atoms with Crippen molar-refractivity contribution in [3.8, 4) is 22.6 Å². The average Bonchev–Trinajstić information content (AvgIpc) is 3.64. The van der Waals surface area contributed by atoms with Crippen molar-refractivity contribution in [3.05, 3.63) is 182 Å². The van der Waals surface area contributed by atoms with Gasteiger partial charge in [-0.3, -0.25) is 0 Å². The first-order valence-electron chi connectivity index (χ1n) is 17.0. The van der Waals surface area contributed by atoms with E-state index in [0.717, 1.165) is 55.3 Å². The first kappa shape index (κ1) is 28.3. The summed E-state index contributed by atoms with van der Waals surface area (Å²) in [4.78, 5) is 7.33. The largest absolute Gasteiger partial charge is 0.435 e. The molecule has 50 heavy (non-hydrogen) atoms. The number of nitrogens with zero attached hydrogens (tertiary/aromatic N) is 2. The number of aromatic nitrogens is 1. The summed E-state index contributed by atoms with van der Waals surface area (Å²) in [6, 6.07) is 64.6. The minimum absolute atomic E-state index is 0.622. The first-order valence-corrected chi connectivity index (χ1v) is 17.0. The van der Waals surface area contributed by atoms with Crippen LogP contribution in [0.2, 0.25) is 0 Å². The molecule has 10 rings (SSSR count). The van der Waals surface area contributed by atoms with E-state index < -0.39 is 0 Å². The predicted molar refractivity (Wildman–Crippen MR) is 210 cm³/mol. The molecule has 0 unspecified atom stereocenters. The van der Waals surface area contributed by atoms with E-state index >= 15 is 0 Å². The molecular weight excluding hydrogens is 609 g/mol. The molecule has 0 aliphatic carbocycles. The van der Waals surface area contributed by atoms with Crippen LogP contribution in [-0.4, -0.2) is 4.98 Å². The molecule has 234 valence electrons. The van der Waals surface area contributed by atoms with Gasteiger partial charge < -0.3 is 9.32 Å². The van der Waals surface area contributed by atoms with Crippen LogP contribution in [-0.2, 0) is 0 Å². The molecule has 10 aromatic rings. The number of rotatable bonds is 5. The van der Waals surface area contributed by atoms with Gasteiger partial charge in [0.1, 0.15) is 5.52 Å². The van der Waals surface area contributed by atoms with E-state index in [-0.39, 0.29) is 0 Å². The monoisotopic (exact) mass is 638 g/mol. The highest BCUT2D eigenvalue weighted by atomic mass is 16.3. The zero-order chi connectivity index (χ0) is 33.0. The second kappa shape index (κ2) is 11.5. The van der Waals surface area contributed by atoms with Crippen molar-refractivity contribution in [1.82, 2.24) is 4.98 Å². The van der Waals surface area contributed by atoms with Crippen molar-refractivity contribution < 1.29 is 4.42 Å². The molecular formula is C47H30N2O. The highest BCUT2D eigenvalue weighted by Gasteiger charge is 2.19. The zero-order valence-electron chi connectivity index (χ0n) is 27.1. The molecule has 0 fully saturated rings. The van der Waals surface area contributed by atoms with Crippen LogP contribution < -0.4 is 4.90 Å². The van der Waals surface area contributed by atoms with E-state index in [0.29, 0.717) is 5.89 Å². The van der Waals surface area contributed by atoms with Gasteiger partial charge in [0, 0.05) is 28.0 Å². The second-order valence-corrected chi connectivity index (χ2v) is 12.8. The van der Waals surface area contributed by atoms with Crippen molar-refractivity contribution in [1.29, 1.82) is 0 Å². The summed E-state index contributed by atoms with van der Waals surface area (Å²) in [5.41, 5.74) is 8.19. The molecule has 0 amide bonds. The van der Waals surface area contributed by atoms with Crippen LogP contribution in [0.5, 0.6) is 0 Å². The molecule has 1 aromatic heterocycles. The predicted octanol–water partition coefficient (Wildman–Crippen LogP) is 13.2. The standard InChI is InChI=1S/C47H30N2O/c1-4-12-31(13-5-1)41-28-35-23-25-38(30-43(35)45-40(41)26-27-44-46(45)50-47(48-44)34-15-6-2-7-16-34)49(36-17-8-3-9-18-36)37-24-22-33-21-20-32-14-10-11-19-39(32)42(33)29-37/h1-30H. The fourth-order valence-electron chi connectivity index (χ4n) is 7.46. The van der Waals surface area contributed by atoms with Gasteiger partial charge in [-0.2, -0.15) is 0 Å². The van der Waals surface area contributed by atoms with Crippen molar-refractivity contribution in [2.75, 3.05) is 4.90 Å². The SMILES string of the molecule is c1ccc(-c2nc3ccc4c(-c5ccccc5)cc5ccc(N(c6ccccc6)c6ccc7ccc8ccccc8c7c6)cc5c4c3o2)cc1. The Balaban J connectivity index is 1.26. The Hall–Kier alpha value is -6.71. The number of para-hydroxylation sites is 1. The Morgan fingerprint density at radius 1 is 0.400 bits per heavy atom. The summed E-state index contributed by atoms with van der Waals surface area (Å²) >= 11 is 0. The van der Waals surface area contributed by atoms with Crippen LogP contribution in [0.4, 0.5) is 17.1 Å². The van der Waals surface area contributed by atoms with Crippen molar-refractivity contribution in [2.45, 2.75) is 0 Å². The number of anilines is 3. The average molecular weight is 639 g/mol. The Morgan fingerprint density at radius 2 is 1.00 bits per heavy atom. The zero-order valence-corrected chi connectivity index (χ0v) is 27.1. The smallest absolute Gasteiger partial charge is 0.227 e. The lowest BCUT2D eigenvalue weighted by Crippen LogP contribution is -2.09. The Morgan fingerprint density at radius 3 is 1.76 bits per heavy atom. The van der Waals surface area contributed by atoms with E-state index in [1.807, 2.05) is 30.3 Å². The molecule has 0 radical (unpaired) electrons. The van der Waals surface area contributed by atoms with Crippen LogP contribution in [0, 0.1) is 0 Å². The molecule has 0 spiro atoms. The second-order valence-electron chi connectivity index (χ2n) is 12.8. The third-order valence-corrected chi connectivity index (χ3v) is 9.82. The van der Waals surface area contributed by atoms with Gasteiger partial charge in [-0.25, -0.2) is 4.98 Å². The van der Waals surface area contributed by atoms with Crippen LogP contribution in [0.15, 0.2) is 186 Å². The summed E-state index contributed by atoms with van der Waals surface area (Å²) in [6.45, 7) is 0. The van der Waals surface area contributed by atoms with Crippen LogP contribution in [0.1, 0.15) is 0 Å². The van der Waals surface area contributed by atoms with E-state index in [2.05, 4.69) is 157 Å². The van der Waals surface area contributed by atoms with Crippen LogP contribution in [0.25, 0.3) is 76.8 Å². The highest BCUT2D eigenvalue weighted by molar-refractivity contribution is 6.23. The minimum atomic E-state index is 0.622. The molecule has 9 aromatic carbocycles. The topological polar surface area (TPSA) is 29.3 Å². The normalized spacial score (nSPS) is 11.6. The fraction of sp³-hybridized carbons (Fsp3) is 0. The third kappa shape index (κ3) is 4.63. The van der Waals surface area contributed by atoms with Crippen LogP contribution >= 0.6 is 0 Å².